The Labute approximate surface area is 101 Å². The third-order valence-electron chi connectivity index (χ3n) is 2.16. The van der Waals surface area contributed by atoms with Gasteiger partial charge in [-0.15, -0.1) is 11.3 Å². The summed E-state index contributed by atoms with van der Waals surface area (Å²) in [5.41, 5.74) is 0.801. The van der Waals surface area contributed by atoms with Crippen LogP contribution in [0, 0.1) is 0 Å². The summed E-state index contributed by atoms with van der Waals surface area (Å²) in [7, 11) is 0. The maximum atomic E-state index is 11.3. The topological polar surface area (TPSA) is 37.4 Å². The molecule has 0 atom stereocenters. The fraction of sp³-hybridized carbons (Fsp3) is 0.333. The van der Waals surface area contributed by atoms with Crippen LogP contribution in [0.15, 0.2) is 6.07 Å². The van der Waals surface area contributed by atoms with Gasteiger partial charge in [-0.1, -0.05) is 23.2 Å². The van der Waals surface area contributed by atoms with Gasteiger partial charge in [-0.2, -0.15) is 0 Å². The Morgan fingerprint density at radius 2 is 2.13 bits per heavy atom. The maximum Gasteiger partial charge on any atom is 0.230 e. The molecule has 0 bridgehead atoms. The predicted octanol–water partition coefficient (Wildman–Crippen LogP) is 2.36. The van der Waals surface area contributed by atoms with Gasteiger partial charge in [-0.3, -0.25) is 9.59 Å². The molecule has 0 saturated carbocycles. The van der Waals surface area contributed by atoms with Crippen molar-refractivity contribution in [3.63, 3.8) is 0 Å². The van der Waals surface area contributed by atoms with Crippen molar-refractivity contribution in [3.05, 3.63) is 20.3 Å². The summed E-state index contributed by atoms with van der Waals surface area (Å²) in [5.74, 6) is -0.184. The van der Waals surface area contributed by atoms with E-state index in [1.807, 2.05) is 0 Å². The number of amides is 1. The van der Waals surface area contributed by atoms with E-state index < -0.39 is 0 Å². The highest BCUT2D eigenvalue weighted by molar-refractivity contribution is 7.20. The molecule has 2 rings (SSSR count). The van der Waals surface area contributed by atoms with Gasteiger partial charge in [0.25, 0.3) is 0 Å². The van der Waals surface area contributed by atoms with Crippen LogP contribution in [-0.4, -0.2) is 23.1 Å². The van der Waals surface area contributed by atoms with E-state index in [1.165, 1.54) is 16.2 Å². The standard InChI is InChI=1S/C9H7Cl2NO2S/c10-7-1-5(9(11)15-7)3-12-4-6(13)2-8(12)14/h1H,2-4H2. The minimum absolute atomic E-state index is 0.00941. The summed E-state index contributed by atoms with van der Waals surface area (Å²) < 4.78 is 1.17. The van der Waals surface area contributed by atoms with Gasteiger partial charge in [0, 0.05) is 12.1 Å². The molecule has 0 aromatic carbocycles. The molecule has 1 amide bonds. The second kappa shape index (κ2) is 4.12. The highest BCUT2D eigenvalue weighted by Crippen LogP contribution is 2.32. The van der Waals surface area contributed by atoms with Crippen LogP contribution in [-0.2, 0) is 16.1 Å². The molecule has 2 heterocycles. The number of nitrogens with zero attached hydrogens (tertiary/aromatic N) is 1. The van der Waals surface area contributed by atoms with Crippen LogP contribution in [0.5, 0.6) is 0 Å². The molecule has 1 aromatic rings. The lowest BCUT2D eigenvalue weighted by molar-refractivity contribution is -0.128. The van der Waals surface area contributed by atoms with Crippen molar-refractivity contribution in [2.24, 2.45) is 0 Å². The maximum absolute atomic E-state index is 11.3. The summed E-state index contributed by atoms with van der Waals surface area (Å²) in [5, 5.41) is 0. The van der Waals surface area contributed by atoms with Crippen LogP contribution in [0.4, 0.5) is 0 Å². The fourth-order valence-electron chi connectivity index (χ4n) is 1.47. The summed E-state index contributed by atoms with van der Waals surface area (Å²) in [6, 6.07) is 1.73. The van der Waals surface area contributed by atoms with Gasteiger partial charge in [0.2, 0.25) is 5.91 Å². The first-order valence-corrected chi connectivity index (χ1v) is 5.86. The average Bonchev–Trinajstić information content (AvgIpc) is 2.58. The molecule has 0 unspecified atom stereocenters. The summed E-state index contributed by atoms with van der Waals surface area (Å²) in [4.78, 5) is 23.9. The van der Waals surface area contributed by atoms with Crippen molar-refractivity contribution >= 4 is 46.2 Å². The van der Waals surface area contributed by atoms with Gasteiger partial charge in [0.1, 0.15) is 0 Å². The molecule has 1 aliphatic rings. The number of halogens is 2. The van der Waals surface area contributed by atoms with Gasteiger partial charge < -0.3 is 4.90 Å². The van der Waals surface area contributed by atoms with E-state index in [0.717, 1.165) is 5.56 Å². The van der Waals surface area contributed by atoms with E-state index in [2.05, 4.69) is 0 Å². The molecule has 0 aliphatic carbocycles. The molecule has 1 saturated heterocycles. The Bertz CT molecular complexity index is 430. The Morgan fingerprint density at radius 1 is 1.40 bits per heavy atom. The molecular formula is C9H7Cl2NO2S. The first kappa shape index (κ1) is 10.9. The Morgan fingerprint density at radius 3 is 2.60 bits per heavy atom. The monoisotopic (exact) mass is 263 g/mol. The van der Waals surface area contributed by atoms with Crippen molar-refractivity contribution in [2.45, 2.75) is 13.0 Å². The van der Waals surface area contributed by atoms with E-state index in [1.54, 1.807) is 6.07 Å². The molecule has 1 aliphatic heterocycles. The Hall–Kier alpha value is -0.580. The average molecular weight is 264 g/mol. The number of carbonyl (C=O) groups excluding carboxylic acids is 2. The van der Waals surface area contributed by atoms with E-state index in [-0.39, 0.29) is 24.7 Å². The van der Waals surface area contributed by atoms with Crippen molar-refractivity contribution in [1.82, 2.24) is 4.90 Å². The first-order valence-electron chi connectivity index (χ1n) is 4.29. The van der Waals surface area contributed by atoms with Crippen LogP contribution < -0.4 is 0 Å². The third-order valence-corrected chi connectivity index (χ3v) is 3.73. The molecule has 15 heavy (non-hydrogen) atoms. The van der Waals surface area contributed by atoms with E-state index >= 15 is 0 Å². The molecule has 6 heteroatoms. The molecule has 0 N–H and O–H groups in total. The Kier molecular flexibility index (Phi) is 3.00. The number of thiophene rings is 1. The highest BCUT2D eigenvalue weighted by atomic mass is 35.5. The van der Waals surface area contributed by atoms with E-state index in [4.69, 9.17) is 23.2 Å². The fourth-order valence-corrected chi connectivity index (χ4v) is 2.94. The number of likely N-dealkylation sites (tertiary alicyclic amines) is 1. The highest BCUT2D eigenvalue weighted by Gasteiger charge is 2.27. The van der Waals surface area contributed by atoms with Crippen LogP contribution in [0.2, 0.25) is 8.67 Å². The van der Waals surface area contributed by atoms with Crippen LogP contribution in [0.3, 0.4) is 0 Å². The molecule has 1 fully saturated rings. The zero-order chi connectivity index (χ0) is 11.0. The van der Waals surface area contributed by atoms with Crippen molar-refractivity contribution in [2.75, 3.05) is 6.54 Å². The van der Waals surface area contributed by atoms with E-state index in [0.29, 0.717) is 15.2 Å². The lowest BCUT2D eigenvalue weighted by atomic mass is 10.3. The smallest absolute Gasteiger partial charge is 0.230 e. The Balaban J connectivity index is 2.12. The van der Waals surface area contributed by atoms with Gasteiger partial charge in [0.05, 0.1) is 21.6 Å². The second-order valence-corrected chi connectivity index (χ2v) is 5.60. The van der Waals surface area contributed by atoms with Crippen molar-refractivity contribution < 1.29 is 9.59 Å². The number of hydrogen-bond donors (Lipinski definition) is 0. The van der Waals surface area contributed by atoms with Crippen molar-refractivity contribution in [1.29, 1.82) is 0 Å². The van der Waals surface area contributed by atoms with Gasteiger partial charge in [-0.25, -0.2) is 0 Å². The molecule has 1 aromatic heterocycles. The normalized spacial score (nSPS) is 16.5. The minimum atomic E-state index is -0.140. The lowest BCUT2D eigenvalue weighted by Crippen LogP contribution is -2.24. The number of carbonyl (C=O) groups is 2. The largest absolute Gasteiger partial charge is 0.331 e. The molecule has 0 radical (unpaired) electrons. The predicted molar refractivity (Wildman–Crippen MR) is 59.4 cm³/mol. The van der Waals surface area contributed by atoms with Crippen LogP contribution in [0.1, 0.15) is 12.0 Å². The summed E-state index contributed by atoms with van der Waals surface area (Å²) in [6.45, 7) is 0.551. The second-order valence-electron chi connectivity index (χ2n) is 3.31. The number of ketones is 1. The first-order chi connectivity index (χ1) is 7.06. The van der Waals surface area contributed by atoms with Crippen LogP contribution >= 0.6 is 34.5 Å². The summed E-state index contributed by atoms with van der Waals surface area (Å²) >= 11 is 13.0. The van der Waals surface area contributed by atoms with Gasteiger partial charge in [-0.05, 0) is 6.07 Å². The molecule has 3 nitrogen and oxygen atoms in total. The number of hydrogen-bond acceptors (Lipinski definition) is 3. The lowest BCUT2D eigenvalue weighted by Gasteiger charge is -2.13. The zero-order valence-electron chi connectivity index (χ0n) is 7.63. The molecular weight excluding hydrogens is 257 g/mol. The quantitative estimate of drug-likeness (QED) is 0.769. The van der Waals surface area contributed by atoms with Crippen molar-refractivity contribution in [3.8, 4) is 0 Å². The van der Waals surface area contributed by atoms with E-state index in [9.17, 15) is 9.59 Å². The minimum Gasteiger partial charge on any atom is -0.331 e. The number of rotatable bonds is 2. The SMILES string of the molecule is O=C1CC(=O)N(Cc2cc(Cl)sc2Cl)C1. The third kappa shape index (κ3) is 2.33. The van der Waals surface area contributed by atoms with Crippen LogP contribution in [0.25, 0.3) is 0 Å². The van der Waals surface area contributed by atoms with Gasteiger partial charge >= 0.3 is 0 Å². The summed E-state index contributed by atoms with van der Waals surface area (Å²) in [6.07, 6.45) is 0.00941. The van der Waals surface area contributed by atoms with Gasteiger partial charge in [0.15, 0.2) is 5.78 Å². The number of Topliss-reactive ketones (excluding diaryl/α,β-unsaturated/α-hetero) is 1. The molecule has 80 valence electrons. The zero-order valence-corrected chi connectivity index (χ0v) is 9.95. The molecule has 0 spiro atoms.